The predicted molar refractivity (Wildman–Crippen MR) is 90.0 cm³/mol. The van der Waals surface area contributed by atoms with Crippen molar-refractivity contribution in [2.45, 2.75) is 23.5 Å². The van der Waals surface area contributed by atoms with Crippen molar-refractivity contribution in [2.75, 3.05) is 20.1 Å². The highest BCUT2D eigenvalue weighted by Gasteiger charge is 2.32. The Morgan fingerprint density at radius 2 is 1.91 bits per heavy atom. The van der Waals surface area contributed by atoms with Crippen molar-refractivity contribution >= 4 is 11.2 Å². The zero-order valence-electron chi connectivity index (χ0n) is 13.0. The molecule has 0 aliphatic carbocycles. The molecule has 2 unspecified atom stereocenters. The SMILES string of the molecule is Cc1cc(Oc2ccccc2)ccc1[S+]([O-])C1CCN(C)C1. The van der Waals surface area contributed by atoms with Crippen molar-refractivity contribution in [2.24, 2.45) is 0 Å². The molecule has 0 aromatic heterocycles. The highest BCUT2D eigenvalue weighted by atomic mass is 32.2. The van der Waals surface area contributed by atoms with Crippen LogP contribution in [0.4, 0.5) is 0 Å². The molecular weight excluding hydrogens is 294 g/mol. The molecule has 2 aromatic rings. The molecule has 0 spiro atoms. The monoisotopic (exact) mass is 315 g/mol. The van der Waals surface area contributed by atoms with Gasteiger partial charge >= 0.3 is 0 Å². The van der Waals surface area contributed by atoms with E-state index in [-0.39, 0.29) is 5.25 Å². The van der Waals surface area contributed by atoms with Gasteiger partial charge < -0.3 is 14.2 Å². The molecule has 0 radical (unpaired) electrons. The van der Waals surface area contributed by atoms with Crippen LogP contribution in [0, 0.1) is 6.92 Å². The topological polar surface area (TPSA) is 35.5 Å². The van der Waals surface area contributed by atoms with Crippen LogP contribution in [0.15, 0.2) is 53.4 Å². The highest BCUT2D eigenvalue weighted by molar-refractivity contribution is 7.92. The lowest BCUT2D eigenvalue weighted by Crippen LogP contribution is -2.25. The summed E-state index contributed by atoms with van der Waals surface area (Å²) in [5.74, 6) is 1.60. The Labute approximate surface area is 135 Å². The molecular formula is C18H21NO2S. The van der Waals surface area contributed by atoms with Crippen molar-refractivity contribution < 1.29 is 9.29 Å². The van der Waals surface area contributed by atoms with Crippen molar-refractivity contribution in [3.8, 4) is 11.5 Å². The first kappa shape index (κ1) is 15.4. The summed E-state index contributed by atoms with van der Waals surface area (Å²) >= 11 is -0.943. The van der Waals surface area contributed by atoms with E-state index >= 15 is 0 Å². The van der Waals surface area contributed by atoms with E-state index in [1.54, 1.807) is 0 Å². The average molecular weight is 315 g/mol. The van der Waals surface area contributed by atoms with E-state index in [4.69, 9.17) is 4.74 Å². The van der Waals surface area contributed by atoms with Crippen LogP contribution < -0.4 is 4.74 Å². The minimum atomic E-state index is -0.943. The van der Waals surface area contributed by atoms with Crippen molar-refractivity contribution in [1.29, 1.82) is 0 Å². The Morgan fingerprint density at radius 1 is 1.14 bits per heavy atom. The number of benzene rings is 2. The molecule has 1 heterocycles. The number of hydrogen-bond donors (Lipinski definition) is 0. The van der Waals surface area contributed by atoms with Crippen molar-refractivity contribution in [1.82, 2.24) is 4.90 Å². The van der Waals surface area contributed by atoms with Gasteiger partial charge in [-0.2, -0.15) is 0 Å². The highest BCUT2D eigenvalue weighted by Crippen LogP contribution is 2.29. The van der Waals surface area contributed by atoms with Gasteiger partial charge in [0.25, 0.3) is 0 Å². The maximum Gasteiger partial charge on any atom is 0.156 e. The first-order chi connectivity index (χ1) is 10.6. The van der Waals surface area contributed by atoms with E-state index < -0.39 is 11.2 Å². The molecule has 3 rings (SSSR count). The van der Waals surface area contributed by atoms with Crippen LogP contribution in [0.25, 0.3) is 0 Å². The minimum Gasteiger partial charge on any atom is -0.611 e. The number of nitrogens with zero attached hydrogens (tertiary/aromatic N) is 1. The summed E-state index contributed by atoms with van der Waals surface area (Å²) in [6.45, 7) is 3.95. The van der Waals surface area contributed by atoms with Crippen LogP contribution in [0.3, 0.4) is 0 Å². The van der Waals surface area contributed by atoms with Crippen molar-refractivity contribution in [3.63, 3.8) is 0 Å². The van der Waals surface area contributed by atoms with Gasteiger partial charge in [-0.3, -0.25) is 0 Å². The summed E-state index contributed by atoms with van der Waals surface area (Å²) in [5.41, 5.74) is 1.03. The van der Waals surface area contributed by atoms with Gasteiger partial charge in [-0.05, 0) is 55.5 Å². The summed E-state index contributed by atoms with van der Waals surface area (Å²) in [6.07, 6.45) is 1.00. The lowest BCUT2D eigenvalue weighted by Gasteiger charge is -2.19. The summed E-state index contributed by atoms with van der Waals surface area (Å²) in [7, 11) is 2.08. The predicted octanol–water partition coefficient (Wildman–Crippen LogP) is 3.60. The van der Waals surface area contributed by atoms with Gasteiger partial charge in [0, 0.05) is 25.1 Å². The molecule has 2 atom stereocenters. The van der Waals surface area contributed by atoms with Crippen LogP contribution in [-0.2, 0) is 11.2 Å². The zero-order chi connectivity index (χ0) is 15.5. The smallest absolute Gasteiger partial charge is 0.156 e. The number of ether oxygens (including phenoxy) is 1. The number of para-hydroxylation sites is 1. The fraction of sp³-hybridized carbons (Fsp3) is 0.333. The lowest BCUT2D eigenvalue weighted by atomic mass is 10.2. The molecule has 4 heteroatoms. The Bertz CT molecular complexity index is 632. The average Bonchev–Trinajstić information content (AvgIpc) is 2.94. The van der Waals surface area contributed by atoms with E-state index in [0.29, 0.717) is 0 Å². The number of aryl methyl sites for hydroxylation is 1. The van der Waals surface area contributed by atoms with E-state index in [1.165, 1.54) is 0 Å². The minimum absolute atomic E-state index is 0.240. The fourth-order valence-electron chi connectivity index (χ4n) is 2.78. The number of likely N-dealkylation sites (tertiary alicyclic amines) is 1. The summed E-state index contributed by atoms with van der Waals surface area (Å²) < 4.78 is 18.6. The molecule has 22 heavy (non-hydrogen) atoms. The third kappa shape index (κ3) is 3.46. The van der Waals surface area contributed by atoms with Gasteiger partial charge in [0.2, 0.25) is 0 Å². The second-order valence-electron chi connectivity index (χ2n) is 5.81. The molecule has 1 fully saturated rings. The largest absolute Gasteiger partial charge is 0.611 e. The van der Waals surface area contributed by atoms with Crippen LogP contribution in [0.5, 0.6) is 11.5 Å². The molecule has 2 aromatic carbocycles. The summed E-state index contributed by atoms with van der Waals surface area (Å²) in [4.78, 5) is 3.17. The Morgan fingerprint density at radius 3 is 2.55 bits per heavy atom. The first-order valence-corrected chi connectivity index (χ1v) is 8.77. The molecule has 0 saturated carbocycles. The second kappa shape index (κ2) is 6.73. The third-order valence-corrected chi connectivity index (χ3v) is 5.87. The summed E-state index contributed by atoms with van der Waals surface area (Å²) in [5, 5.41) is 0.240. The molecule has 0 bridgehead atoms. The molecule has 1 aliphatic rings. The zero-order valence-corrected chi connectivity index (χ0v) is 13.8. The molecule has 3 nitrogen and oxygen atoms in total. The van der Waals surface area contributed by atoms with Gasteiger partial charge in [-0.25, -0.2) is 0 Å². The standard InChI is InChI=1S/C18H21NO2S/c1-14-12-16(21-15-6-4-3-5-7-15)8-9-18(14)22(20)17-10-11-19(2)13-17/h3-9,12,17H,10-11,13H2,1-2H3. The molecule has 0 amide bonds. The molecule has 0 N–H and O–H groups in total. The normalized spacial score (nSPS) is 20.0. The van der Waals surface area contributed by atoms with E-state index in [2.05, 4.69) is 11.9 Å². The van der Waals surface area contributed by atoms with Crippen LogP contribution in [-0.4, -0.2) is 34.8 Å². The Hall–Kier alpha value is -1.49. The van der Waals surface area contributed by atoms with Crippen LogP contribution >= 0.6 is 0 Å². The van der Waals surface area contributed by atoms with Crippen LogP contribution in [0.1, 0.15) is 12.0 Å². The van der Waals surface area contributed by atoms with Crippen LogP contribution in [0.2, 0.25) is 0 Å². The van der Waals surface area contributed by atoms with Gasteiger partial charge in [-0.1, -0.05) is 18.2 Å². The molecule has 1 aliphatic heterocycles. The van der Waals surface area contributed by atoms with E-state index in [1.807, 2.05) is 55.5 Å². The Balaban J connectivity index is 1.74. The quantitative estimate of drug-likeness (QED) is 0.809. The van der Waals surface area contributed by atoms with Gasteiger partial charge in [0.1, 0.15) is 16.7 Å². The first-order valence-electron chi connectivity index (χ1n) is 7.56. The van der Waals surface area contributed by atoms with Gasteiger partial charge in [-0.15, -0.1) is 0 Å². The fourth-order valence-corrected chi connectivity index (χ4v) is 4.43. The van der Waals surface area contributed by atoms with Gasteiger partial charge in [0.05, 0.1) is 0 Å². The second-order valence-corrected chi connectivity index (χ2v) is 7.51. The number of rotatable bonds is 4. The maximum atomic E-state index is 12.7. The van der Waals surface area contributed by atoms with Crippen molar-refractivity contribution in [3.05, 3.63) is 54.1 Å². The third-order valence-electron chi connectivity index (χ3n) is 3.99. The van der Waals surface area contributed by atoms with E-state index in [0.717, 1.165) is 41.5 Å². The Kier molecular flexibility index (Phi) is 4.71. The molecule has 1 saturated heterocycles. The molecule has 116 valence electrons. The summed E-state index contributed by atoms with van der Waals surface area (Å²) in [6, 6.07) is 15.5. The van der Waals surface area contributed by atoms with E-state index in [9.17, 15) is 4.55 Å². The maximum absolute atomic E-state index is 12.7. The lowest BCUT2D eigenvalue weighted by molar-refractivity contribution is 0.417. The van der Waals surface area contributed by atoms with Gasteiger partial charge in [0.15, 0.2) is 4.90 Å². The number of hydrogen-bond acceptors (Lipinski definition) is 3.